The Hall–Kier alpha value is -2.34. The second-order valence-corrected chi connectivity index (χ2v) is 8.56. The zero-order valence-corrected chi connectivity index (χ0v) is 16.4. The fourth-order valence-corrected chi connectivity index (χ4v) is 5.03. The van der Waals surface area contributed by atoms with Gasteiger partial charge in [0.05, 0.1) is 0 Å². The molecule has 2 aliphatic heterocycles. The van der Waals surface area contributed by atoms with E-state index in [9.17, 15) is 9.59 Å². The number of aromatic nitrogens is 2. The number of hydrogen-bond acceptors (Lipinski definition) is 2. The van der Waals surface area contributed by atoms with Crippen molar-refractivity contribution in [3.63, 3.8) is 0 Å². The third-order valence-electron chi connectivity index (χ3n) is 5.87. The second kappa shape index (κ2) is 6.37. The second-order valence-electron chi connectivity index (χ2n) is 7.64. The maximum Gasteiger partial charge on any atom is 0.250 e. The lowest BCUT2D eigenvalue weighted by atomic mass is 9.83. The molecule has 1 saturated heterocycles. The van der Waals surface area contributed by atoms with Gasteiger partial charge in [-0.1, -0.05) is 22.0 Å². The van der Waals surface area contributed by atoms with Gasteiger partial charge in [-0.3, -0.25) is 9.59 Å². The molecule has 2 atom stereocenters. The van der Waals surface area contributed by atoms with Crippen LogP contribution >= 0.6 is 15.9 Å². The van der Waals surface area contributed by atoms with Gasteiger partial charge in [0.1, 0.15) is 6.54 Å². The maximum absolute atomic E-state index is 13.0. The molecule has 6 heteroatoms. The molecule has 0 radical (unpaired) electrons. The van der Waals surface area contributed by atoms with Gasteiger partial charge in [0.2, 0.25) is 5.91 Å². The van der Waals surface area contributed by atoms with E-state index in [1.54, 1.807) is 6.07 Å². The number of benzene rings is 1. The Morgan fingerprint density at radius 2 is 2.00 bits per heavy atom. The molecule has 2 aliphatic rings. The van der Waals surface area contributed by atoms with Crippen molar-refractivity contribution >= 4 is 32.7 Å². The van der Waals surface area contributed by atoms with Crippen molar-refractivity contribution in [3.05, 3.63) is 69.2 Å². The summed E-state index contributed by atoms with van der Waals surface area (Å²) in [5, 5.41) is 1.13. The van der Waals surface area contributed by atoms with Gasteiger partial charge in [-0.15, -0.1) is 0 Å². The lowest BCUT2D eigenvalue weighted by molar-refractivity contribution is -0.134. The molecule has 27 heavy (non-hydrogen) atoms. The monoisotopic (exact) mass is 425 g/mol. The van der Waals surface area contributed by atoms with Crippen molar-refractivity contribution in [1.82, 2.24) is 14.0 Å². The van der Waals surface area contributed by atoms with E-state index < -0.39 is 0 Å². The van der Waals surface area contributed by atoms with Crippen LogP contribution < -0.4 is 5.56 Å². The normalized spacial score (nSPS) is 21.3. The van der Waals surface area contributed by atoms with Crippen molar-refractivity contribution in [1.29, 1.82) is 0 Å². The summed E-state index contributed by atoms with van der Waals surface area (Å²) in [6.07, 6.45) is 3.04. The Bertz CT molecular complexity index is 1100. The summed E-state index contributed by atoms with van der Waals surface area (Å²) in [5.41, 5.74) is 2.22. The van der Waals surface area contributed by atoms with Crippen molar-refractivity contribution in [2.24, 2.45) is 5.92 Å². The predicted molar refractivity (Wildman–Crippen MR) is 108 cm³/mol. The lowest BCUT2D eigenvalue weighted by Gasteiger charge is -2.42. The van der Waals surface area contributed by atoms with Crippen LogP contribution in [-0.4, -0.2) is 33.0 Å². The number of likely N-dealkylation sites (tertiary alicyclic amines) is 1. The quantitative estimate of drug-likeness (QED) is 0.632. The maximum atomic E-state index is 13.0. The van der Waals surface area contributed by atoms with Gasteiger partial charge >= 0.3 is 0 Å². The number of halogens is 1. The zero-order chi connectivity index (χ0) is 18.5. The molecule has 5 rings (SSSR count). The Morgan fingerprint density at radius 3 is 2.89 bits per heavy atom. The first-order valence-corrected chi connectivity index (χ1v) is 10.1. The molecule has 5 nitrogen and oxygen atoms in total. The van der Waals surface area contributed by atoms with Crippen LogP contribution in [0.25, 0.3) is 10.9 Å². The summed E-state index contributed by atoms with van der Waals surface area (Å²) in [6.45, 7) is 2.51. The number of hydrogen-bond donors (Lipinski definition) is 0. The first-order chi connectivity index (χ1) is 13.1. The number of piperidine rings is 1. The highest BCUT2D eigenvalue weighted by Crippen LogP contribution is 2.35. The van der Waals surface area contributed by atoms with E-state index in [4.69, 9.17) is 0 Å². The molecule has 1 amide bonds. The van der Waals surface area contributed by atoms with Crippen LogP contribution in [0.1, 0.15) is 18.0 Å². The smallest absolute Gasteiger partial charge is 0.250 e. The molecule has 2 aromatic heterocycles. The fourth-order valence-electron chi connectivity index (χ4n) is 4.65. The minimum absolute atomic E-state index is 0.0759. The minimum atomic E-state index is 0.0759. The van der Waals surface area contributed by atoms with Gasteiger partial charge in [0.25, 0.3) is 5.56 Å². The van der Waals surface area contributed by atoms with Crippen molar-refractivity contribution < 1.29 is 4.79 Å². The molecule has 2 unspecified atom stereocenters. The van der Waals surface area contributed by atoms with Crippen LogP contribution in [0.15, 0.2) is 57.9 Å². The largest absolute Gasteiger partial charge is 0.340 e. The van der Waals surface area contributed by atoms with Gasteiger partial charge in [-0.05, 0) is 42.7 Å². The highest BCUT2D eigenvalue weighted by Gasteiger charge is 2.36. The Labute approximate surface area is 165 Å². The standard InChI is InChI=1S/C21H20BrN3O2/c22-17-4-5-18-15(9-17)6-7-23(18)13-21(27)24-10-14-8-16(12-24)19-2-1-3-20(26)25(19)11-14/h1-7,9,14,16H,8,10-13H2. The number of fused-ring (bicyclic) bond motifs is 5. The van der Waals surface area contributed by atoms with Gasteiger partial charge in [-0.25, -0.2) is 0 Å². The number of carbonyl (C=O) groups is 1. The van der Waals surface area contributed by atoms with Crippen molar-refractivity contribution in [2.45, 2.75) is 25.4 Å². The van der Waals surface area contributed by atoms with E-state index in [1.807, 2.05) is 50.6 Å². The average molecular weight is 426 g/mol. The van der Waals surface area contributed by atoms with Crippen LogP contribution in [0.4, 0.5) is 0 Å². The molecular weight excluding hydrogens is 406 g/mol. The first kappa shape index (κ1) is 16.8. The molecule has 1 aromatic carbocycles. The molecule has 0 saturated carbocycles. The summed E-state index contributed by atoms with van der Waals surface area (Å²) in [4.78, 5) is 27.2. The van der Waals surface area contributed by atoms with Crippen LogP contribution in [-0.2, 0) is 17.9 Å². The van der Waals surface area contributed by atoms with E-state index in [0.717, 1.165) is 40.6 Å². The highest BCUT2D eigenvalue weighted by molar-refractivity contribution is 9.10. The van der Waals surface area contributed by atoms with Crippen molar-refractivity contribution in [2.75, 3.05) is 13.1 Å². The summed E-state index contributed by atoms with van der Waals surface area (Å²) in [7, 11) is 0. The molecular formula is C21H20BrN3O2. The van der Waals surface area contributed by atoms with Crippen LogP contribution in [0.5, 0.6) is 0 Å². The summed E-state index contributed by atoms with van der Waals surface area (Å²) >= 11 is 3.49. The molecule has 0 spiro atoms. The van der Waals surface area contributed by atoms with Gasteiger partial charge in [-0.2, -0.15) is 0 Å². The van der Waals surface area contributed by atoms with E-state index in [1.165, 1.54) is 0 Å². The SMILES string of the molecule is O=C(Cn1ccc2cc(Br)ccc21)N1CC2CC(C1)c1cccc(=O)n1C2. The topological polar surface area (TPSA) is 47.2 Å². The molecule has 138 valence electrons. The van der Waals surface area contributed by atoms with E-state index in [-0.39, 0.29) is 17.4 Å². The van der Waals surface area contributed by atoms with E-state index in [2.05, 4.69) is 22.0 Å². The average Bonchev–Trinajstić information content (AvgIpc) is 3.04. The van der Waals surface area contributed by atoms with Crippen LogP contribution in [0, 0.1) is 5.92 Å². The van der Waals surface area contributed by atoms with E-state index in [0.29, 0.717) is 19.0 Å². The number of pyridine rings is 1. The van der Waals surface area contributed by atoms with Gasteiger partial charge < -0.3 is 14.0 Å². The number of nitrogens with zero attached hydrogens (tertiary/aromatic N) is 3. The molecule has 4 heterocycles. The predicted octanol–water partition coefficient (Wildman–Crippen LogP) is 3.21. The summed E-state index contributed by atoms with van der Waals surface area (Å²) in [6, 6.07) is 13.6. The lowest BCUT2D eigenvalue weighted by Crippen LogP contribution is -2.49. The van der Waals surface area contributed by atoms with Gasteiger partial charge in [0, 0.05) is 58.9 Å². The Balaban J connectivity index is 1.38. The zero-order valence-electron chi connectivity index (χ0n) is 14.8. The number of carbonyl (C=O) groups excluding carboxylic acids is 1. The third kappa shape index (κ3) is 2.92. The van der Waals surface area contributed by atoms with Crippen LogP contribution in [0.3, 0.4) is 0 Å². The summed E-state index contributed by atoms with van der Waals surface area (Å²) in [5.74, 6) is 0.766. The van der Waals surface area contributed by atoms with E-state index >= 15 is 0 Å². The van der Waals surface area contributed by atoms with Crippen LogP contribution in [0.2, 0.25) is 0 Å². The summed E-state index contributed by atoms with van der Waals surface area (Å²) < 4.78 is 4.96. The van der Waals surface area contributed by atoms with Gasteiger partial charge in [0.15, 0.2) is 0 Å². The Morgan fingerprint density at radius 1 is 1.11 bits per heavy atom. The number of amides is 1. The minimum Gasteiger partial charge on any atom is -0.340 e. The number of rotatable bonds is 2. The third-order valence-corrected chi connectivity index (χ3v) is 6.36. The molecule has 2 bridgehead atoms. The fraction of sp³-hybridized carbons (Fsp3) is 0.333. The molecule has 0 aliphatic carbocycles. The molecule has 3 aromatic rings. The Kier molecular flexibility index (Phi) is 3.97. The first-order valence-electron chi connectivity index (χ1n) is 9.30. The van der Waals surface area contributed by atoms with Crippen molar-refractivity contribution in [3.8, 4) is 0 Å². The highest BCUT2D eigenvalue weighted by atomic mass is 79.9. The molecule has 0 N–H and O–H groups in total. The molecule has 1 fully saturated rings.